The lowest BCUT2D eigenvalue weighted by molar-refractivity contribution is -0.182. The van der Waals surface area contributed by atoms with Crippen LogP contribution in [-0.2, 0) is 14.3 Å². The van der Waals surface area contributed by atoms with E-state index in [4.69, 9.17) is 14.2 Å². The minimum absolute atomic E-state index is 0.0753. The van der Waals surface area contributed by atoms with E-state index in [1.165, 1.54) is 5.57 Å². The number of fused-ring (bicyclic) bond motifs is 5. The molecule has 1 saturated carbocycles. The van der Waals surface area contributed by atoms with E-state index in [1.54, 1.807) is 0 Å². The highest BCUT2D eigenvalue weighted by molar-refractivity contribution is 5.80. The highest BCUT2D eigenvalue weighted by Crippen LogP contribution is 2.54. The Morgan fingerprint density at radius 2 is 1.89 bits per heavy atom. The molecule has 2 fully saturated rings. The largest absolute Gasteiger partial charge is 0.457 e. The molecule has 0 N–H and O–H groups in total. The predicted molar refractivity (Wildman–Crippen MR) is 100 cm³/mol. The molecule has 1 heterocycles. The van der Waals surface area contributed by atoms with Crippen molar-refractivity contribution in [1.29, 1.82) is 0 Å². The summed E-state index contributed by atoms with van der Waals surface area (Å²) < 4.78 is 17.7. The van der Waals surface area contributed by atoms with E-state index in [0.717, 1.165) is 29.9 Å². The van der Waals surface area contributed by atoms with Crippen LogP contribution in [0.15, 0.2) is 66.2 Å². The number of ether oxygens (including phenoxy) is 3. The standard InChI is InChI=1S/C23H22O4/c1-14(15-6-5-9-19(13-15)26-18-7-3-2-4-8-18)25-23-21-17-11-10-16(12-17)20(21)22(24)27-23/h2-10,13-14,17,20-21,23H,11-12H2,1H3/t14-,17?,20?,21?,23?/m0/s1. The van der Waals surface area contributed by atoms with Crippen LogP contribution < -0.4 is 4.74 Å². The van der Waals surface area contributed by atoms with Crippen LogP contribution in [0.25, 0.3) is 0 Å². The van der Waals surface area contributed by atoms with Crippen molar-refractivity contribution in [2.24, 2.45) is 17.8 Å². The molecule has 5 atom stereocenters. The van der Waals surface area contributed by atoms with Crippen LogP contribution in [0.4, 0.5) is 0 Å². The van der Waals surface area contributed by atoms with Crippen LogP contribution in [0.2, 0.25) is 0 Å². The molecule has 0 radical (unpaired) electrons. The average Bonchev–Trinajstić information content (AvgIpc) is 3.37. The minimum Gasteiger partial charge on any atom is -0.457 e. The third-order valence-electron chi connectivity index (χ3n) is 5.95. The Morgan fingerprint density at radius 1 is 1.07 bits per heavy atom. The average molecular weight is 362 g/mol. The van der Waals surface area contributed by atoms with Crippen molar-refractivity contribution in [3.63, 3.8) is 0 Å². The van der Waals surface area contributed by atoms with Crippen molar-refractivity contribution in [3.05, 3.63) is 71.8 Å². The molecule has 5 rings (SSSR count). The Labute approximate surface area is 158 Å². The Morgan fingerprint density at radius 3 is 2.74 bits per heavy atom. The van der Waals surface area contributed by atoms with Gasteiger partial charge in [0, 0.05) is 5.92 Å². The van der Waals surface area contributed by atoms with Gasteiger partial charge in [0.15, 0.2) is 0 Å². The molecular formula is C23H22O4. The molecule has 2 aromatic rings. The molecular weight excluding hydrogens is 340 g/mol. The first-order chi connectivity index (χ1) is 13.2. The highest BCUT2D eigenvalue weighted by atomic mass is 16.7. The molecule has 3 aliphatic rings. The monoisotopic (exact) mass is 362 g/mol. The third-order valence-corrected chi connectivity index (χ3v) is 5.95. The van der Waals surface area contributed by atoms with Crippen molar-refractivity contribution in [2.75, 3.05) is 0 Å². The zero-order chi connectivity index (χ0) is 18.4. The van der Waals surface area contributed by atoms with Crippen molar-refractivity contribution in [3.8, 4) is 11.5 Å². The number of carbonyl (C=O) groups is 1. The van der Waals surface area contributed by atoms with Gasteiger partial charge in [-0.1, -0.05) is 42.0 Å². The summed E-state index contributed by atoms with van der Waals surface area (Å²) in [5.74, 6) is 2.03. The zero-order valence-electron chi connectivity index (χ0n) is 15.2. The fourth-order valence-corrected chi connectivity index (χ4v) is 4.65. The van der Waals surface area contributed by atoms with Gasteiger partial charge in [0.1, 0.15) is 11.5 Å². The zero-order valence-corrected chi connectivity index (χ0v) is 15.2. The summed E-state index contributed by atoms with van der Waals surface area (Å²) in [5, 5.41) is 0. The number of para-hydroxylation sites is 1. The van der Waals surface area contributed by atoms with Crippen LogP contribution in [0, 0.1) is 17.8 Å². The SMILES string of the molecule is C[C@H](OC1OC(=O)C2C3=CCC(C3)C12)c1cccc(Oc2ccccc2)c1. The van der Waals surface area contributed by atoms with Crippen LogP contribution in [-0.4, -0.2) is 12.3 Å². The third kappa shape index (κ3) is 2.94. The summed E-state index contributed by atoms with van der Waals surface area (Å²) in [6.45, 7) is 2.00. The van der Waals surface area contributed by atoms with E-state index in [-0.39, 0.29) is 23.9 Å². The molecule has 1 aliphatic heterocycles. The van der Waals surface area contributed by atoms with Gasteiger partial charge in [-0.05, 0) is 55.5 Å². The van der Waals surface area contributed by atoms with Gasteiger partial charge >= 0.3 is 5.97 Å². The van der Waals surface area contributed by atoms with Gasteiger partial charge in [-0.15, -0.1) is 0 Å². The summed E-state index contributed by atoms with van der Waals surface area (Å²) in [4.78, 5) is 12.3. The van der Waals surface area contributed by atoms with E-state index < -0.39 is 6.29 Å². The molecule has 0 aromatic heterocycles. The Kier molecular flexibility index (Phi) is 4.01. The van der Waals surface area contributed by atoms with Gasteiger partial charge < -0.3 is 14.2 Å². The van der Waals surface area contributed by atoms with Crippen molar-refractivity contribution in [2.45, 2.75) is 32.2 Å². The lowest BCUT2D eigenvalue weighted by Gasteiger charge is -2.26. The Hall–Kier alpha value is -2.59. The van der Waals surface area contributed by atoms with Crippen LogP contribution in [0.5, 0.6) is 11.5 Å². The van der Waals surface area contributed by atoms with Gasteiger partial charge in [0.25, 0.3) is 0 Å². The molecule has 4 heteroatoms. The van der Waals surface area contributed by atoms with Crippen molar-refractivity contribution >= 4 is 5.97 Å². The number of hydrogen-bond acceptors (Lipinski definition) is 4. The lowest BCUT2D eigenvalue weighted by Crippen LogP contribution is -2.27. The summed E-state index contributed by atoms with van der Waals surface area (Å²) in [6, 6.07) is 17.6. The smallest absolute Gasteiger partial charge is 0.315 e. The Balaban J connectivity index is 1.30. The molecule has 2 aliphatic carbocycles. The van der Waals surface area contributed by atoms with E-state index in [1.807, 2.05) is 61.5 Å². The molecule has 1 saturated heterocycles. The normalized spacial score (nSPS) is 29.2. The maximum atomic E-state index is 12.3. The number of cyclic esters (lactones) is 1. The molecule has 2 bridgehead atoms. The van der Waals surface area contributed by atoms with Crippen LogP contribution >= 0.6 is 0 Å². The number of carbonyl (C=O) groups excluding carboxylic acids is 1. The van der Waals surface area contributed by atoms with Crippen molar-refractivity contribution in [1.82, 2.24) is 0 Å². The molecule has 2 aromatic carbocycles. The highest BCUT2D eigenvalue weighted by Gasteiger charge is 2.57. The van der Waals surface area contributed by atoms with Gasteiger partial charge in [-0.3, -0.25) is 4.79 Å². The molecule has 4 unspecified atom stereocenters. The maximum Gasteiger partial charge on any atom is 0.315 e. The molecule has 4 nitrogen and oxygen atoms in total. The van der Waals surface area contributed by atoms with Gasteiger partial charge in [0.2, 0.25) is 6.29 Å². The van der Waals surface area contributed by atoms with Crippen LogP contribution in [0.1, 0.15) is 31.4 Å². The maximum absolute atomic E-state index is 12.3. The second kappa shape index (κ2) is 6.54. The fraction of sp³-hybridized carbons (Fsp3) is 0.348. The number of benzene rings is 2. The van der Waals surface area contributed by atoms with Gasteiger partial charge in [-0.2, -0.15) is 0 Å². The number of allylic oxidation sites excluding steroid dienone is 1. The Bertz CT molecular complexity index is 888. The first-order valence-corrected chi connectivity index (χ1v) is 9.57. The van der Waals surface area contributed by atoms with Crippen molar-refractivity contribution < 1.29 is 19.0 Å². The number of rotatable bonds is 5. The molecule has 0 spiro atoms. The molecule has 0 amide bonds. The molecule has 27 heavy (non-hydrogen) atoms. The second-order valence-corrected chi connectivity index (χ2v) is 7.61. The number of hydrogen-bond donors (Lipinski definition) is 0. The summed E-state index contributed by atoms with van der Waals surface area (Å²) >= 11 is 0. The minimum atomic E-state index is -0.451. The van der Waals surface area contributed by atoms with E-state index in [9.17, 15) is 4.79 Å². The van der Waals surface area contributed by atoms with E-state index in [2.05, 4.69) is 6.08 Å². The summed E-state index contributed by atoms with van der Waals surface area (Å²) in [6.07, 6.45) is 3.64. The second-order valence-electron chi connectivity index (χ2n) is 7.61. The predicted octanol–water partition coefficient (Wildman–Crippen LogP) is 5.02. The fourth-order valence-electron chi connectivity index (χ4n) is 4.65. The van der Waals surface area contributed by atoms with Crippen LogP contribution in [0.3, 0.4) is 0 Å². The van der Waals surface area contributed by atoms with Gasteiger partial charge in [0.05, 0.1) is 12.0 Å². The number of esters is 1. The first-order valence-electron chi connectivity index (χ1n) is 9.57. The molecule has 138 valence electrons. The van der Waals surface area contributed by atoms with E-state index in [0.29, 0.717) is 5.92 Å². The summed E-state index contributed by atoms with van der Waals surface area (Å²) in [5.41, 5.74) is 2.26. The first kappa shape index (κ1) is 16.6. The van der Waals surface area contributed by atoms with Gasteiger partial charge in [-0.25, -0.2) is 0 Å². The van der Waals surface area contributed by atoms with E-state index >= 15 is 0 Å². The summed E-state index contributed by atoms with van der Waals surface area (Å²) in [7, 11) is 0. The quantitative estimate of drug-likeness (QED) is 0.553. The lowest BCUT2D eigenvalue weighted by atomic mass is 9.85. The topological polar surface area (TPSA) is 44.8 Å².